The maximum Gasteiger partial charge on any atom is 0.272 e. The molecule has 0 atom stereocenters. The summed E-state index contributed by atoms with van der Waals surface area (Å²) in [5, 5.41) is 16.0. The molecular weight excluding hydrogens is 451 g/mol. The van der Waals surface area contributed by atoms with Crippen LogP contribution in [0.2, 0.25) is 0 Å². The van der Waals surface area contributed by atoms with Crippen LogP contribution in [0.1, 0.15) is 10.5 Å². The van der Waals surface area contributed by atoms with E-state index < -0.39 is 4.92 Å². The Balaban J connectivity index is 1.47. The molecule has 0 N–H and O–H groups in total. The lowest BCUT2D eigenvalue weighted by Gasteiger charge is -2.36. The van der Waals surface area contributed by atoms with E-state index in [1.165, 1.54) is 22.9 Å². The minimum Gasteiger partial charge on any atom is -0.366 e. The first-order valence-electron chi connectivity index (χ1n) is 11.2. The molecule has 35 heavy (non-hydrogen) atoms. The number of nitro groups is 1. The van der Waals surface area contributed by atoms with Crippen molar-refractivity contribution >= 4 is 17.3 Å². The van der Waals surface area contributed by atoms with E-state index in [1.807, 2.05) is 34.8 Å². The zero-order valence-electron chi connectivity index (χ0n) is 19.0. The zero-order chi connectivity index (χ0) is 24.5. The Morgan fingerprint density at radius 2 is 1.77 bits per heavy atom. The van der Waals surface area contributed by atoms with Crippen LogP contribution < -0.4 is 4.90 Å². The SMILES string of the molecule is Cn1cccc1-c1cc(C(=O)N2CCN(c3ccccc3F)CC2)n(-c2cccc([N+](=O)[O-])c2)n1. The molecule has 1 aliphatic rings. The number of anilines is 1. The summed E-state index contributed by atoms with van der Waals surface area (Å²) in [5.74, 6) is -0.527. The summed E-state index contributed by atoms with van der Waals surface area (Å²) in [5.41, 5.74) is 2.56. The molecule has 2 aromatic carbocycles. The van der Waals surface area contributed by atoms with Crippen molar-refractivity contribution in [2.45, 2.75) is 0 Å². The molecule has 1 fully saturated rings. The highest BCUT2D eigenvalue weighted by molar-refractivity contribution is 5.94. The maximum absolute atomic E-state index is 14.2. The fraction of sp³-hybridized carbons (Fsp3) is 0.200. The van der Waals surface area contributed by atoms with Crippen LogP contribution in [0.25, 0.3) is 17.1 Å². The highest BCUT2D eigenvalue weighted by atomic mass is 19.1. The van der Waals surface area contributed by atoms with Crippen LogP contribution in [-0.4, -0.2) is 56.3 Å². The third-order valence-corrected chi connectivity index (χ3v) is 6.18. The predicted octanol–water partition coefficient (Wildman–Crippen LogP) is 3.89. The van der Waals surface area contributed by atoms with Crippen LogP contribution in [-0.2, 0) is 7.05 Å². The van der Waals surface area contributed by atoms with Gasteiger partial charge in [-0.2, -0.15) is 5.10 Å². The molecule has 0 spiro atoms. The van der Waals surface area contributed by atoms with E-state index in [2.05, 4.69) is 5.10 Å². The first-order chi connectivity index (χ1) is 16.9. The van der Waals surface area contributed by atoms with E-state index in [0.717, 1.165) is 5.69 Å². The van der Waals surface area contributed by atoms with Crippen molar-refractivity contribution in [1.82, 2.24) is 19.2 Å². The average Bonchev–Trinajstić information content (AvgIpc) is 3.50. The van der Waals surface area contributed by atoms with Gasteiger partial charge in [-0.3, -0.25) is 14.9 Å². The summed E-state index contributed by atoms with van der Waals surface area (Å²) in [6.07, 6.45) is 1.88. The van der Waals surface area contributed by atoms with Crippen molar-refractivity contribution in [3.8, 4) is 17.1 Å². The van der Waals surface area contributed by atoms with E-state index in [1.54, 1.807) is 41.3 Å². The predicted molar refractivity (Wildman–Crippen MR) is 129 cm³/mol. The number of aromatic nitrogens is 3. The van der Waals surface area contributed by atoms with Crippen molar-refractivity contribution < 1.29 is 14.1 Å². The summed E-state index contributed by atoms with van der Waals surface area (Å²) in [6, 6.07) is 18.1. The number of hydrogen-bond donors (Lipinski definition) is 0. The monoisotopic (exact) mass is 474 g/mol. The van der Waals surface area contributed by atoms with E-state index in [9.17, 15) is 19.3 Å². The first kappa shape index (κ1) is 22.3. The number of non-ortho nitro benzene ring substituents is 1. The average molecular weight is 474 g/mol. The van der Waals surface area contributed by atoms with Gasteiger partial charge in [-0.15, -0.1) is 0 Å². The van der Waals surface area contributed by atoms with Crippen LogP contribution >= 0.6 is 0 Å². The Morgan fingerprint density at radius 1 is 1.00 bits per heavy atom. The molecule has 0 unspecified atom stereocenters. The highest BCUT2D eigenvalue weighted by Crippen LogP contribution is 2.26. The molecule has 178 valence electrons. The van der Waals surface area contributed by atoms with Crippen molar-refractivity contribution in [2.24, 2.45) is 7.05 Å². The summed E-state index contributed by atoms with van der Waals surface area (Å²) in [7, 11) is 1.88. The summed E-state index contributed by atoms with van der Waals surface area (Å²) < 4.78 is 17.6. The topological polar surface area (TPSA) is 89.4 Å². The first-order valence-corrected chi connectivity index (χ1v) is 11.2. The van der Waals surface area contributed by atoms with Gasteiger partial charge in [0.05, 0.1) is 22.0 Å². The van der Waals surface area contributed by atoms with Gasteiger partial charge in [-0.1, -0.05) is 18.2 Å². The molecule has 0 aliphatic carbocycles. The second-order valence-electron chi connectivity index (χ2n) is 8.34. The van der Waals surface area contributed by atoms with Crippen molar-refractivity contribution in [2.75, 3.05) is 31.1 Å². The van der Waals surface area contributed by atoms with Crippen LogP contribution in [0.3, 0.4) is 0 Å². The lowest BCUT2D eigenvalue weighted by Crippen LogP contribution is -2.49. The van der Waals surface area contributed by atoms with Gasteiger partial charge >= 0.3 is 0 Å². The van der Waals surface area contributed by atoms with Crippen molar-refractivity contribution in [1.29, 1.82) is 0 Å². The molecule has 1 amide bonds. The quantitative estimate of drug-likeness (QED) is 0.323. The van der Waals surface area contributed by atoms with Gasteiger partial charge in [0.2, 0.25) is 0 Å². The van der Waals surface area contributed by atoms with Gasteiger partial charge in [0.15, 0.2) is 0 Å². The Morgan fingerprint density at radius 3 is 2.46 bits per heavy atom. The van der Waals surface area contributed by atoms with E-state index >= 15 is 0 Å². The van der Waals surface area contributed by atoms with Gasteiger partial charge in [-0.05, 0) is 36.4 Å². The molecule has 0 saturated carbocycles. The number of carbonyl (C=O) groups is 1. The Labute approximate surface area is 200 Å². The summed E-state index contributed by atoms with van der Waals surface area (Å²) in [4.78, 5) is 28.1. The summed E-state index contributed by atoms with van der Waals surface area (Å²) >= 11 is 0. The maximum atomic E-state index is 14.2. The Kier molecular flexibility index (Phi) is 5.77. The van der Waals surface area contributed by atoms with Gasteiger partial charge in [0.1, 0.15) is 17.2 Å². The number of para-hydroxylation sites is 1. The zero-order valence-corrected chi connectivity index (χ0v) is 19.0. The number of aryl methyl sites for hydroxylation is 1. The van der Waals surface area contributed by atoms with E-state index in [-0.39, 0.29) is 17.4 Å². The number of benzene rings is 2. The lowest BCUT2D eigenvalue weighted by atomic mass is 10.2. The number of rotatable bonds is 5. The third-order valence-electron chi connectivity index (χ3n) is 6.18. The van der Waals surface area contributed by atoms with E-state index in [0.29, 0.717) is 48.9 Å². The van der Waals surface area contributed by atoms with Crippen molar-refractivity contribution in [3.05, 3.63) is 94.6 Å². The molecule has 1 aliphatic heterocycles. The standard InChI is InChI=1S/C25H23FN6O3/c1-28-11-5-10-23(28)21-17-24(31(27-21)18-6-4-7-19(16-18)32(34)35)25(33)30-14-12-29(13-15-30)22-9-3-2-8-20(22)26/h2-11,16-17H,12-15H2,1H3. The fourth-order valence-corrected chi connectivity index (χ4v) is 4.34. The van der Waals surface area contributed by atoms with E-state index in [4.69, 9.17) is 0 Å². The smallest absolute Gasteiger partial charge is 0.272 e. The van der Waals surface area contributed by atoms with Gasteiger partial charge in [0.25, 0.3) is 11.6 Å². The molecule has 2 aromatic heterocycles. The number of nitro benzene ring substituents is 1. The van der Waals surface area contributed by atoms with Gasteiger partial charge in [-0.25, -0.2) is 9.07 Å². The second kappa shape index (κ2) is 9.05. The molecule has 4 aromatic rings. The van der Waals surface area contributed by atoms with Crippen LogP contribution in [0.15, 0.2) is 72.9 Å². The molecule has 0 radical (unpaired) electrons. The molecule has 9 nitrogen and oxygen atoms in total. The fourth-order valence-electron chi connectivity index (χ4n) is 4.34. The number of hydrogen-bond acceptors (Lipinski definition) is 5. The van der Waals surface area contributed by atoms with Crippen LogP contribution in [0.4, 0.5) is 15.8 Å². The molecule has 1 saturated heterocycles. The van der Waals surface area contributed by atoms with Crippen LogP contribution in [0, 0.1) is 15.9 Å². The lowest BCUT2D eigenvalue weighted by molar-refractivity contribution is -0.384. The molecule has 0 bridgehead atoms. The normalized spacial score (nSPS) is 13.8. The summed E-state index contributed by atoms with van der Waals surface area (Å²) in [6.45, 7) is 1.80. The number of halogens is 1. The van der Waals surface area contributed by atoms with Gasteiger partial charge in [0, 0.05) is 51.6 Å². The van der Waals surface area contributed by atoms with Crippen molar-refractivity contribution in [3.63, 3.8) is 0 Å². The molecule has 5 rings (SSSR count). The number of carbonyl (C=O) groups excluding carboxylic acids is 1. The van der Waals surface area contributed by atoms with Crippen LogP contribution in [0.5, 0.6) is 0 Å². The Hall–Kier alpha value is -4.47. The Bertz CT molecular complexity index is 1400. The molecule has 3 heterocycles. The minimum atomic E-state index is -0.478. The third kappa shape index (κ3) is 4.25. The largest absolute Gasteiger partial charge is 0.366 e. The highest BCUT2D eigenvalue weighted by Gasteiger charge is 2.27. The number of nitrogens with zero attached hydrogens (tertiary/aromatic N) is 6. The molecule has 10 heteroatoms. The molecular formula is C25H23FN6O3. The number of piperazine rings is 1. The number of amides is 1. The second-order valence-corrected chi connectivity index (χ2v) is 8.34. The minimum absolute atomic E-state index is 0.0877. The van der Waals surface area contributed by atoms with Gasteiger partial charge < -0.3 is 14.4 Å².